The molecule has 2 aromatic carbocycles. The molecular formula is C22H25NO2. The molecule has 3 nitrogen and oxygen atoms in total. The van der Waals surface area contributed by atoms with Crippen LogP contribution < -0.4 is 0 Å². The molecule has 0 bridgehead atoms. The van der Waals surface area contributed by atoms with E-state index in [1.807, 2.05) is 6.92 Å². The lowest BCUT2D eigenvalue weighted by Gasteiger charge is -2.20. The highest BCUT2D eigenvalue weighted by atomic mass is 16.5. The number of fused-ring (bicyclic) bond motifs is 1. The van der Waals surface area contributed by atoms with Crippen molar-refractivity contribution in [2.45, 2.75) is 26.2 Å². The molecule has 1 aromatic heterocycles. The highest BCUT2D eigenvalue weighted by molar-refractivity contribution is 5.85. The van der Waals surface area contributed by atoms with Gasteiger partial charge in [-0.15, -0.1) is 0 Å². The molecule has 3 aromatic rings. The molecule has 0 radical (unpaired) electrons. The molecule has 25 heavy (non-hydrogen) atoms. The Morgan fingerprint density at radius 3 is 2.48 bits per heavy atom. The average Bonchev–Trinajstić information content (AvgIpc) is 2.96. The summed E-state index contributed by atoms with van der Waals surface area (Å²) in [6.07, 6.45) is 2.92. The smallest absolute Gasteiger partial charge is 0.308 e. The molecule has 130 valence electrons. The van der Waals surface area contributed by atoms with Gasteiger partial charge in [-0.25, -0.2) is 0 Å². The molecule has 1 heterocycles. The Labute approximate surface area is 149 Å². The fourth-order valence-corrected chi connectivity index (χ4v) is 3.54. The number of aromatic nitrogens is 1. The van der Waals surface area contributed by atoms with Crippen LogP contribution in [0.3, 0.4) is 0 Å². The topological polar surface area (TPSA) is 31.2 Å². The van der Waals surface area contributed by atoms with E-state index in [-0.39, 0.29) is 17.8 Å². The van der Waals surface area contributed by atoms with Crippen LogP contribution in [0.5, 0.6) is 0 Å². The predicted molar refractivity (Wildman–Crippen MR) is 102 cm³/mol. The predicted octanol–water partition coefficient (Wildman–Crippen LogP) is 4.82. The number of benzene rings is 2. The summed E-state index contributed by atoms with van der Waals surface area (Å²) in [4.78, 5) is 12.0. The normalized spacial score (nSPS) is 13.6. The highest BCUT2D eigenvalue weighted by Crippen LogP contribution is 2.36. The zero-order chi connectivity index (χ0) is 18.0. The van der Waals surface area contributed by atoms with Crippen molar-refractivity contribution < 1.29 is 9.53 Å². The van der Waals surface area contributed by atoms with E-state index in [0.29, 0.717) is 0 Å². The van der Waals surface area contributed by atoms with Crippen molar-refractivity contribution >= 4 is 16.9 Å². The molecule has 3 heteroatoms. The van der Waals surface area contributed by atoms with Gasteiger partial charge < -0.3 is 9.30 Å². The zero-order valence-electron chi connectivity index (χ0n) is 15.3. The van der Waals surface area contributed by atoms with E-state index < -0.39 is 0 Å². The van der Waals surface area contributed by atoms with Crippen LogP contribution in [0.1, 0.15) is 36.0 Å². The van der Waals surface area contributed by atoms with Gasteiger partial charge >= 0.3 is 5.97 Å². The summed E-state index contributed by atoms with van der Waals surface area (Å²) in [7, 11) is 3.53. The van der Waals surface area contributed by atoms with E-state index in [0.717, 1.165) is 6.42 Å². The number of methoxy groups -OCH3 is 1. The molecule has 2 unspecified atom stereocenters. The fourth-order valence-electron chi connectivity index (χ4n) is 3.54. The number of nitrogens with zero attached hydrogens (tertiary/aromatic N) is 1. The summed E-state index contributed by atoms with van der Waals surface area (Å²) in [5.74, 6) is -0.159. The lowest BCUT2D eigenvalue weighted by molar-refractivity contribution is -0.145. The van der Waals surface area contributed by atoms with Gasteiger partial charge in [0, 0.05) is 30.1 Å². The van der Waals surface area contributed by atoms with Gasteiger partial charge in [0.25, 0.3) is 0 Å². The number of rotatable bonds is 5. The molecule has 0 aliphatic rings. The average molecular weight is 335 g/mol. The van der Waals surface area contributed by atoms with Crippen LogP contribution in [0.4, 0.5) is 0 Å². The Morgan fingerprint density at radius 2 is 1.80 bits per heavy atom. The standard InChI is InChI=1S/C22H25NO2/c1-15-9-11-17(12-10-15)19(13-16(2)22(24)25-4)20-14-23(3)21-8-6-5-7-18(20)21/h5-12,14,16,19H,13H2,1-4H3. The van der Waals surface area contributed by atoms with E-state index >= 15 is 0 Å². The monoisotopic (exact) mass is 335 g/mol. The van der Waals surface area contributed by atoms with Crippen LogP contribution >= 0.6 is 0 Å². The van der Waals surface area contributed by atoms with E-state index in [1.165, 1.54) is 34.7 Å². The van der Waals surface area contributed by atoms with Gasteiger partial charge in [-0.1, -0.05) is 55.0 Å². The molecule has 0 saturated heterocycles. The van der Waals surface area contributed by atoms with Gasteiger partial charge in [0.05, 0.1) is 13.0 Å². The molecule has 3 rings (SSSR count). The number of aryl methyl sites for hydroxylation is 2. The van der Waals surface area contributed by atoms with Crippen molar-refractivity contribution in [3.63, 3.8) is 0 Å². The third-order valence-corrected chi connectivity index (χ3v) is 4.98. The lowest BCUT2D eigenvalue weighted by Crippen LogP contribution is -2.16. The van der Waals surface area contributed by atoms with Crippen molar-refractivity contribution in [3.8, 4) is 0 Å². The number of carbonyl (C=O) groups is 1. The van der Waals surface area contributed by atoms with Crippen molar-refractivity contribution in [3.05, 3.63) is 71.4 Å². The van der Waals surface area contributed by atoms with Crippen LogP contribution in [-0.4, -0.2) is 17.6 Å². The maximum atomic E-state index is 12.0. The van der Waals surface area contributed by atoms with Crippen LogP contribution in [0.2, 0.25) is 0 Å². The van der Waals surface area contributed by atoms with E-state index in [4.69, 9.17) is 4.74 Å². The first-order valence-corrected chi connectivity index (χ1v) is 8.69. The molecule has 0 N–H and O–H groups in total. The van der Waals surface area contributed by atoms with Crippen LogP contribution in [0.25, 0.3) is 10.9 Å². The minimum absolute atomic E-state index is 0.154. The van der Waals surface area contributed by atoms with E-state index in [2.05, 4.69) is 73.3 Å². The van der Waals surface area contributed by atoms with Crippen molar-refractivity contribution in [1.29, 1.82) is 0 Å². The molecule has 0 saturated carbocycles. The third kappa shape index (κ3) is 3.46. The second kappa shape index (κ2) is 7.14. The molecular weight excluding hydrogens is 310 g/mol. The van der Waals surface area contributed by atoms with Crippen LogP contribution in [0, 0.1) is 12.8 Å². The number of hydrogen-bond donors (Lipinski definition) is 0. The summed E-state index contributed by atoms with van der Waals surface area (Å²) in [5, 5.41) is 1.24. The number of hydrogen-bond acceptors (Lipinski definition) is 2. The fraction of sp³-hybridized carbons (Fsp3) is 0.318. The minimum Gasteiger partial charge on any atom is -0.469 e. The Hall–Kier alpha value is -2.55. The van der Waals surface area contributed by atoms with Gasteiger partial charge in [-0.2, -0.15) is 0 Å². The number of ether oxygens (including phenoxy) is 1. The Morgan fingerprint density at radius 1 is 1.12 bits per heavy atom. The highest BCUT2D eigenvalue weighted by Gasteiger charge is 2.25. The summed E-state index contributed by atoms with van der Waals surface area (Å²) in [6.45, 7) is 4.03. The second-order valence-corrected chi connectivity index (χ2v) is 6.84. The second-order valence-electron chi connectivity index (χ2n) is 6.84. The third-order valence-electron chi connectivity index (χ3n) is 4.98. The lowest BCUT2D eigenvalue weighted by atomic mass is 9.83. The van der Waals surface area contributed by atoms with Gasteiger partial charge in [-0.3, -0.25) is 4.79 Å². The maximum absolute atomic E-state index is 12.0. The van der Waals surface area contributed by atoms with Crippen molar-refractivity contribution in [2.75, 3.05) is 7.11 Å². The SMILES string of the molecule is COC(=O)C(C)CC(c1ccc(C)cc1)c1cn(C)c2ccccc12. The van der Waals surface area contributed by atoms with E-state index in [1.54, 1.807) is 0 Å². The minimum atomic E-state index is -0.157. The number of para-hydroxylation sites is 1. The number of esters is 1. The first kappa shape index (κ1) is 17.3. The Bertz CT molecular complexity index is 877. The first-order chi connectivity index (χ1) is 12.0. The van der Waals surface area contributed by atoms with E-state index in [9.17, 15) is 4.79 Å². The van der Waals surface area contributed by atoms with Gasteiger partial charge in [0.1, 0.15) is 0 Å². The van der Waals surface area contributed by atoms with Gasteiger partial charge in [-0.05, 0) is 30.5 Å². The largest absolute Gasteiger partial charge is 0.469 e. The summed E-state index contributed by atoms with van der Waals surface area (Å²) in [6, 6.07) is 17.0. The molecule has 0 amide bonds. The molecule has 0 aliphatic heterocycles. The summed E-state index contributed by atoms with van der Waals surface area (Å²) in [5.41, 5.74) is 4.94. The molecule has 2 atom stereocenters. The molecule has 0 aliphatic carbocycles. The number of carbonyl (C=O) groups excluding carboxylic acids is 1. The molecule has 0 spiro atoms. The Kier molecular flexibility index (Phi) is 4.93. The van der Waals surface area contributed by atoms with Gasteiger partial charge in [0.2, 0.25) is 0 Å². The first-order valence-electron chi connectivity index (χ1n) is 8.69. The van der Waals surface area contributed by atoms with Crippen molar-refractivity contribution in [1.82, 2.24) is 4.57 Å². The molecule has 0 fully saturated rings. The maximum Gasteiger partial charge on any atom is 0.308 e. The quantitative estimate of drug-likeness (QED) is 0.626. The van der Waals surface area contributed by atoms with Gasteiger partial charge in [0.15, 0.2) is 0 Å². The zero-order valence-corrected chi connectivity index (χ0v) is 15.3. The Balaban J connectivity index is 2.09. The van der Waals surface area contributed by atoms with Crippen LogP contribution in [-0.2, 0) is 16.6 Å². The summed E-state index contributed by atoms with van der Waals surface area (Å²) >= 11 is 0. The summed E-state index contributed by atoms with van der Waals surface area (Å²) < 4.78 is 7.11. The van der Waals surface area contributed by atoms with Crippen molar-refractivity contribution in [2.24, 2.45) is 13.0 Å². The van der Waals surface area contributed by atoms with Crippen LogP contribution in [0.15, 0.2) is 54.7 Å².